The molecule has 0 amide bonds. The summed E-state index contributed by atoms with van der Waals surface area (Å²) in [4.78, 5) is 0. The summed E-state index contributed by atoms with van der Waals surface area (Å²) < 4.78 is 27.1. The van der Waals surface area contributed by atoms with Gasteiger partial charge in [-0.25, -0.2) is 0 Å². The van der Waals surface area contributed by atoms with Gasteiger partial charge in [0.2, 0.25) is 0 Å². The quantitative estimate of drug-likeness (QED) is 0.482. The molecule has 0 heterocycles. The Morgan fingerprint density at radius 3 is 2.45 bits per heavy atom. The van der Waals surface area contributed by atoms with Gasteiger partial charge in [-0.2, -0.15) is 4.20 Å². The van der Waals surface area contributed by atoms with E-state index in [1.807, 2.05) is 0 Å². The predicted octanol–water partition coefficient (Wildman–Crippen LogP) is 3.23. The molecule has 0 spiro atoms. The largest absolute Gasteiger partial charge is 0.364 e. The maximum Gasteiger partial charge on any atom is 0.364 e. The molecule has 11 heavy (non-hydrogen) atoms. The van der Waals surface area contributed by atoms with Crippen molar-refractivity contribution in [2.45, 2.75) is 26.7 Å². The van der Waals surface area contributed by atoms with Gasteiger partial charge >= 0.3 is 7.68 Å². The third kappa shape index (κ3) is 10.1. The Balaban J connectivity index is 3.22. The van der Waals surface area contributed by atoms with Crippen LogP contribution in [0.5, 0.6) is 0 Å². The first kappa shape index (κ1) is 11.1. The molecule has 0 saturated carbocycles. The Morgan fingerprint density at radius 1 is 1.55 bits per heavy atom. The molecular weight excluding hydrogens is 166 g/mol. The van der Waals surface area contributed by atoms with Crippen LogP contribution in [0.1, 0.15) is 26.7 Å². The van der Waals surface area contributed by atoms with E-state index in [0.717, 1.165) is 19.5 Å². The zero-order valence-electron chi connectivity index (χ0n) is 7.34. The Bertz CT molecular complexity index is 141. The fourth-order valence-corrected chi connectivity index (χ4v) is 1.17. The van der Waals surface area contributed by atoms with Crippen molar-refractivity contribution in [2.24, 2.45) is 5.92 Å². The van der Waals surface area contributed by atoms with Crippen LogP contribution in [0.3, 0.4) is 0 Å². The third-order valence-corrected chi connectivity index (χ3v) is 1.89. The summed E-state index contributed by atoms with van der Waals surface area (Å²) >= 11 is 0. The van der Waals surface area contributed by atoms with Crippen LogP contribution < -0.4 is 0 Å². The van der Waals surface area contributed by atoms with E-state index < -0.39 is 7.68 Å². The summed E-state index contributed by atoms with van der Waals surface area (Å²) in [6, 6.07) is 0. The lowest BCUT2D eigenvalue weighted by Crippen LogP contribution is -1.93. The molecule has 0 fully saturated rings. The van der Waals surface area contributed by atoms with Gasteiger partial charge in [-0.15, -0.1) is 0 Å². The minimum Gasteiger partial charge on any atom is -0.306 e. The normalized spacial score (nSPS) is 16.8. The first-order chi connectivity index (χ1) is 4.92. The van der Waals surface area contributed by atoms with Crippen molar-refractivity contribution in [3.8, 4) is 0 Å². The topological polar surface area (TPSA) is 26.3 Å². The van der Waals surface area contributed by atoms with E-state index in [0.29, 0.717) is 5.92 Å². The van der Waals surface area contributed by atoms with E-state index in [1.165, 1.54) is 0 Å². The van der Waals surface area contributed by atoms with Gasteiger partial charge in [-0.05, 0) is 18.8 Å². The fourth-order valence-electron chi connectivity index (χ4n) is 0.719. The van der Waals surface area contributed by atoms with E-state index in [2.05, 4.69) is 18.4 Å². The van der Waals surface area contributed by atoms with E-state index >= 15 is 0 Å². The Morgan fingerprint density at radius 2 is 2.09 bits per heavy atom. The smallest absolute Gasteiger partial charge is 0.306 e. The molecule has 4 heteroatoms. The van der Waals surface area contributed by atoms with Crippen LogP contribution in [0.15, 0.2) is 0 Å². The molecular formula is C7H16FO2P. The maximum absolute atomic E-state index is 12.2. The van der Waals surface area contributed by atoms with Crippen LogP contribution in [-0.4, -0.2) is 13.3 Å². The highest BCUT2D eigenvalue weighted by atomic mass is 31.2. The molecule has 0 aromatic carbocycles. The Labute approximate surface area is 67.7 Å². The van der Waals surface area contributed by atoms with Gasteiger partial charge in [0.25, 0.3) is 0 Å². The molecule has 0 aliphatic rings. The molecule has 2 nitrogen and oxygen atoms in total. The van der Waals surface area contributed by atoms with Gasteiger partial charge in [0, 0.05) is 6.66 Å². The summed E-state index contributed by atoms with van der Waals surface area (Å²) in [5.41, 5.74) is 0. The second-order valence-corrected chi connectivity index (χ2v) is 4.87. The van der Waals surface area contributed by atoms with Crippen molar-refractivity contribution in [3.05, 3.63) is 0 Å². The maximum atomic E-state index is 12.2. The van der Waals surface area contributed by atoms with Gasteiger partial charge in [0.05, 0.1) is 6.61 Å². The van der Waals surface area contributed by atoms with Crippen LogP contribution in [0.25, 0.3) is 0 Å². The summed E-state index contributed by atoms with van der Waals surface area (Å²) in [5.74, 6) is 0.592. The van der Waals surface area contributed by atoms with Crippen molar-refractivity contribution in [3.63, 3.8) is 0 Å². The minimum atomic E-state index is -3.73. The van der Waals surface area contributed by atoms with Crippen LogP contribution in [0, 0.1) is 5.92 Å². The van der Waals surface area contributed by atoms with E-state index in [4.69, 9.17) is 0 Å². The van der Waals surface area contributed by atoms with Crippen LogP contribution in [0.2, 0.25) is 0 Å². The lowest BCUT2D eigenvalue weighted by atomic mass is 10.1. The molecule has 0 rings (SSSR count). The van der Waals surface area contributed by atoms with Crippen LogP contribution >= 0.6 is 7.68 Å². The molecule has 0 aromatic heterocycles. The summed E-state index contributed by atoms with van der Waals surface area (Å²) in [7, 11) is -3.73. The van der Waals surface area contributed by atoms with Gasteiger partial charge in [-0.3, -0.25) is 4.57 Å². The number of hydrogen-bond acceptors (Lipinski definition) is 2. The van der Waals surface area contributed by atoms with E-state index in [9.17, 15) is 8.76 Å². The second kappa shape index (κ2) is 4.89. The molecule has 0 saturated heterocycles. The average molecular weight is 182 g/mol. The van der Waals surface area contributed by atoms with Crippen molar-refractivity contribution in [1.29, 1.82) is 0 Å². The van der Waals surface area contributed by atoms with Crippen molar-refractivity contribution >= 4 is 7.68 Å². The van der Waals surface area contributed by atoms with Gasteiger partial charge in [-0.1, -0.05) is 13.8 Å². The summed E-state index contributed by atoms with van der Waals surface area (Å²) in [6.07, 6.45) is 1.76. The highest BCUT2D eigenvalue weighted by Gasteiger charge is 2.11. The molecule has 1 atom stereocenters. The average Bonchev–Trinajstić information content (AvgIpc) is 1.78. The molecule has 0 radical (unpaired) electrons. The number of halogens is 1. The molecule has 0 aliphatic carbocycles. The lowest BCUT2D eigenvalue weighted by molar-refractivity contribution is 0.277. The second-order valence-electron chi connectivity index (χ2n) is 3.12. The molecule has 0 aromatic rings. The zero-order chi connectivity index (χ0) is 8.91. The van der Waals surface area contributed by atoms with Crippen molar-refractivity contribution in [2.75, 3.05) is 13.3 Å². The standard InChI is InChI=1S/C7H16FO2P/c1-7(2)5-4-6-10-11(3,8)9/h7H,4-6H2,1-3H3. The van der Waals surface area contributed by atoms with Gasteiger partial charge in [0.1, 0.15) is 0 Å². The monoisotopic (exact) mass is 182 g/mol. The first-order valence-corrected chi connectivity index (χ1v) is 5.80. The number of hydrogen-bond donors (Lipinski definition) is 0. The summed E-state index contributed by atoms with van der Waals surface area (Å²) in [6.45, 7) is 5.42. The molecule has 68 valence electrons. The predicted molar refractivity (Wildman–Crippen MR) is 44.7 cm³/mol. The Hall–Kier alpha value is 0.120. The van der Waals surface area contributed by atoms with Gasteiger partial charge in [0.15, 0.2) is 0 Å². The number of rotatable bonds is 5. The Kier molecular flexibility index (Phi) is 4.94. The van der Waals surface area contributed by atoms with E-state index in [-0.39, 0.29) is 6.61 Å². The highest BCUT2D eigenvalue weighted by Crippen LogP contribution is 2.43. The van der Waals surface area contributed by atoms with Crippen molar-refractivity contribution < 1.29 is 13.3 Å². The zero-order valence-corrected chi connectivity index (χ0v) is 8.23. The fraction of sp³-hybridized carbons (Fsp3) is 1.00. The summed E-state index contributed by atoms with van der Waals surface area (Å²) in [5, 5.41) is 0. The molecule has 0 bridgehead atoms. The lowest BCUT2D eigenvalue weighted by Gasteiger charge is -2.05. The van der Waals surface area contributed by atoms with Crippen molar-refractivity contribution in [1.82, 2.24) is 0 Å². The minimum absolute atomic E-state index is 0.266. The van der Waals surface area contributed by atoms with Crippen LogP contribution in [-0.2, 0) is 9.09 Å². The van der Waals surface area contributed by atoms with E-state index in [1.54, 1.807) is 0 Å². The van der Waals surface area contributed by atoms with Gasteiger partial charge < -0.3 is 4.52 Å². The highest BCUT2D eigenvalue weighted by molar-refractivity contribution is 7.52. The third-order valence-electron chi connectivity index (χ3n) is 1.25. The molecule has 0 aliphatic heterocycles. The first-order valence-electron chi connectivity index (χ1n) is 3.83. The SMILES string of the molecule is CC(C)CCCOP(C)(=O)F. The van der Waals surface area contributed by atoms with Crippen LogP contribution in [0.4, 0.5) is 4.20 Å². The molecule has 0 N–H and O–H groups in total. The molecule has 1 unspecified atom stereocenters.